The van der Waals surface area contributed by atoms with E-state index in [-0.39, 0.29) is 10.8 Å². The molecular formula is C48H39N. The molecule has 2 aliphatic rings. The van der Waals surface area contributed by atoms with Crippen molar-refractivity contribution in [3.8, 4) is 33.4 Å². The minimum Gasteiger partial charge on any atom is -0.310 e. The first-order chi connectivity index (χ1) is 23.9. The molecule has 0 amide bonds. The summed E-state index contributed by atoms with van der Waals surface area (Å²) < 4.78 is 0. The molecule has 0 unspecified atom stereocenters. The third-order valence-electron chi connectivity index (χ3n) is 10.7. The van der Waals surface area contributed by atoms with E-state index in [0.29, 0.717) is 0 Å². The second kappa shape index (κ2) is 10.9. The molecule has 0 atom stereocenters. The van der Waals surface area contributed by atoms with Gasteiger partial charge in [0.15, 0.2) is 0 Å². The van der Waals surface area contributed by atoms with Gasteiger partial charge < -0.3 is 4.90 Å². The number of anilines is 3. The highest BCUT2D eigenvalue weighted by molar-refractivity contribution is 5.96. The number of hydrogen-bond donors (Lipinski definition) is 0. The van der Waals surface area contributed by atoms with Crippen LogP contribution in [0.1, 0.15) is 54.2 Å². The van der Waals surface area contributed by atoms with Gasteiger partial charge in [-0.1, -0.05) is 148 Å². The highest BCUT2D eigenvalue weighted by Gasteiger charge is 2.51. The predicted octanol–water partition coefficient (Wildman–Crippen LogP) is 12.8. The second-order valence-corrected chi connectivity index (χ2v) is 14.6. The van der Waals surface area contributed by atoms with E-state index in [9.17, 15) is 0 Å². The zero-order valence-corrected chi connectivity index (χ0v) is 28.5. The Morgan fingerprint density at radius 3 is 1.41 bits per heavy atom. The van der Waals surface area contributed by atoms with Crippen LogP contribution in [0.4, 0.5) is 17.1 Å². The molecule has 2 aliphatic carbocycles. The van der Waals surface area contributed by atoms with Gasteiger partial charge in [0.05, 0.1) is 5.41 Å². The van der Waals surface area contributed by atoms with E-state index in [1.165, 1.54) is 66.8 Å². The summed E-state index contributed by atoms with van der Waals surface area (Å²) in [6.45, 7) is 9.14. The summed E-state index contributed by atoms with van der Waals surface area (Å²) in [5.41, 5.74) is 19.0. The highest BCUT2D eigenvalue weighted by atomic mass is 15.1. The lowest BCUT2D eigenvalue weighted by atomic mass is 9.70. The Hall–Kier alpha value is -5.66. The Balaban J connectivity index is 1.28. The van der Waals surface area contributed by atoms with Crippen molar-refractivity contribution in [1.82, 2.24) is 0 Å². The lowest BCUT2D eigenvalue weighted by molar-refractivity contribution is 0.586. The summed E-state index contributed by atoms with van der Waals surface area (Å²) in [7, 11) is 0. The van der Waals surface area contributed by atoms with Gasteiger partial charge >= 0.3 is 0 Å². The van der Waals surface area contributed by atoms with Crippen LogP contribution in [-0.4, -0.2) is 0 Å². The summed E-state index contributed by atoms with van der Waals surface area (Å²) in [5.74, 6) is 0. The standard InChI is InChI=1S/C48H39N/c1-32-30-36(27-29-42(32)47(2,3)4)49(35-24-22-34(23-25-35)33-14-6-5-7-15-33)37-26-28-41-40-18-10-13-21-45(40)48(46(41)31-37)43-19-11-8-16-38(43)39-17-9-12-20-44(39)48/h5-31H,1-4H3. The maximum absolute atomic E-state index is 2.48. The molecule has 0 aliphatic heterocycles. The van der Waals surface area contributed by atoms with Crippen molar-refractivity contribution < 1.29 is 0 Å². The van der Waals surface area contributed by atoms with Crippen LogP contribution in [0.5, 0.6) is 0 Å². The minimum absolute atomic E-state index is 0.0692. The predicted molar refractivity (Wildman–Crippen MR) is 206 cm³/mol. The first-order valence-corrected chi connectivity index (χ1v) is 17.4. The van der Waals surface area contributed by atoms with Crippen LogP contribution in [-0.2, 0) is 10.8 Å². The van der Waals surface area contributed by atoms with Gasteiger partial charge in [-0.25, -0.2) is 0 Å². The van der Waals surface area contributed by atoms with Crippen molar-refractivity contribution in [2.45, 2.75) is 38.5 Å². The first-order valence-electron chi connectivity index (χ1n) is 17.4. The number of benzene rings is 7. The van der Waals surface area contributed by atoms with E-state index in [1.807, 2.05) is 0 Å². The van der Waals surface area contributed by atoms with Gasteiger partial charge in [-0.3, -0.25) is 0 Å². The van der Waals surface area contributed by atoms with E-state index >= 15 is 0 Å². The molecule has 0 radical (unpaired) electrons. The van der Waals surface area contributed by atoms with Crippen LogP contribution in [0.25, 0.3) is 33.4 Å². The van der Waals surface area contributed by atoms with Crippen LogP contribution in [0.2, 0.25) is 0 Å². The fraction of sp³-hybridized carbons (Fsp3) is 0.125. The highest BCUT2D eigenvalue weighted by Crippen LogP contribution is 2.63. The van der Waals surface area contributed by atoms with E-state index < -0.39 is 0 Å². The Morgan fingerprint density at radius 1 is 0.408 bits per heavy atom. The van der Waals surface area contributed by atoms with Gasteiger partial charge in [0, 0.05) is 17.1 Å². The van der Waals surface area contributed by atoms with Crippen molar-refractivity contribution in [2.75, 3.05) is 4.90 Å². The zero-order valence-electron chi connectivity index (χ0n) is 28.5. The van der Waals surface area contributed by atoms with Gasteiger partial charge in [0.25, 0.3) is 0 Å². The van der Waals surface area contributed by atoms with Crippen LogP contribution in [0, 0.1) is 6.92 Å². The molecular weight excluding hydrogens is 591 g/mol. The first kappa shape index (κ1) is 29.5. The van der Waals surface area contributed by atoms with Crippen LogP contribution in [0.3, 0.4) is 0 Å². The Bertz CT molecular complexity index is 2310. The topological polar surface area (TPSA) is 3.24 Å². The summed E-state index contributed by atoms with van der Waals surface area (Å²) >= 11 is 0. The van der Waals surface area contributed by atoms with E-state index in [1.54, 1.807) is 0 Å². The fourth-order valence-corrected chi connectivity index (χ4v) is 8.73. The molecule has 0 saturated carbocycles. The summed E-state index contributed by atoms with van der Waals surface area (Å²) in [4.78, 5) is 2.44. The summed E-state index contributed by atoms with van der Waals surface area (Å²) in [6, 6.07) is 60.9. The van der Waals surface area contributed by atoms with Crippen molar-refractivity contribution in [2.24, 2.45) is 0 Å². The average molecular weight is 630 g/mol. The van der Waals surface area contributed by atoms with Gasteiger partial charge in [0.2, 0.25) is 0 Å². The van der Waals surface area contributed by atoms with Crippen molar-refractivity contribution in [3.63, 3.8) is 0 Å². The van der Waals surface area contributed by atoms with Gasteiger partial charge in [0.1, 0.15) is 0 Å². The fourth-order valence-electron chi connectivity index (χ4n) is 8.73. The molecule has 1 spiro atoms. The molecule has 0 heterocycles. The molecule has 49 heavy (non-hydrogen) atoms. The average Bonchev–Trinajstić information content (AvgIpc) is 3.59. The normalized spacial score (nSPS) is 13.5. The number of hydrogen-bond acceptors (Lipinski definition) is 1. The third-order valence-corrected chi connectivity index (χ3v) is 10.7. The maximum atomic E-state index is 2.48. The number of aryl methyl sites for hydroxylation is 1. The van der Waals surface area contributed by atoms with Crippen molar-refractivity contribution in [3.05, 3.63) is 197 Å². The Morgan fingerprint density at radius 2 is 0.857 bits per heavy atom. The van der Waals surface area contributed by atoms with Crippen LogP contribution < -0.4 is 4.90 Å². The summed E-state index contributed by atoms with van der Waals surface area (Å²) in [6.07, 6.45) is 0. The molecule has 0 fully saturated rings. The number of nitrogens with zero attached hydrogens (tertiary/aromatic N) is 1. The largest absolute Gasteiger partial charge is 0.310 e. The van der Waals surface area contributed by atoms with Gasteiger partial charge in [-0.15, -0.1) is 0 Å². The van der Waals surface area contributed by atoms with Crippen LogP contribution in [0.15, 0.2) is 164 Å². The smallest absolute Gasteiger partial charge is 0.0726 e. The lowest BCUT2D eigenvalue weighted by Crippen LogP contribution is -2.26. The van der Waals surface area contributed by atoms with Crippen molar-refractivity contribution in [1.29, 1.82) is 0 Å². The molecule has 0 N–H and O–H groups in total. The van der Waals surface area contributed by atoms with Gasteiger partial charge in [-0.05, 0) is 115 Å². The lowest BCUT2D eigenvalue weighted by Gasteiger charge is -2.32. The van der Waals surface area contributed by atoms with Gasteiger partial charge in [-0.2, -0.15) is 0 Å². The monoisotopic (exact) mass is 629 g/mol. The van der Waals surface area contributed by atoms with Crippen molar-refractivity contribution >= 4 is 17.1 Å². The van der Waals surface area contributed by atoms with E-state index in [4.69, 9.17) is 0 Å². The summed E-state index contributed by atoms with van der Waals surface area (Å²) in [5, 5.41) is 0. The van der Waals surface area contributed by atoms with E-state index in [0.717, 1.165) is 17.1 Å². The Kier molecular flexibility index (Phi) is 6.58. The molecule has 0 saturated heterocycles. The molecule has 7 aromatic carbocycles. The molecule has 7 aromatic rings. The van der Waals surface area contributed by atoms with Crippen LogP contribution >= 0.6 is 0 Å². The third kappa shape index (κ3) is 4.39. The minimum atomic E-state index is -0.385. The molecule has 1 nitrogen and oxygen atoms in total. The molecule has 236 valence electrons. The molecule has 1 heteroatoms. The second-order valence-electron chi connectivity index (χ2n) is 14.6. The quantitative estimate of drug-likeness (QED) is 0.187. The maximum Gasteiger partial charge on any atom is 0.0726 e. The number of fused-ring (bicyclic) bond motifs is 10. The van der Waals surface area contributed by atoms with E-state index in [2.05, 4.69) is 196 Å². The molecule has 0 bridgehead atoms. The zero-order chi connectivity index (χ0) is 33.3. The SMILES string of the molecule is Cc1cc(N(c2ccc(-c3ccccc3)cc2)c2ccc3c(c2)C2(c4ccccc4-c4ccccc42)c2ccccc2-3)ccc1C(C)(C)C. The molecule has 0 aromatic heterocycles. The number of rotatable bonds is 4. The Labute approximate surface area is 290 Å². The molecule has 9 rings (SSSR count).